The van der Waals surface area contributed by atoms with Crippen LogP contribution in [0, 0.1) is 11.8 Å². The van der Waals surface area contributed by atoms with Crippen molar-refractivity contribution in [3.8, 4) is 0 Å². The summed E-state index contributed by atoms with van der Waals surface area (Å²) in [6, 6.07) is 5.42. The van der Waals surface area contributed by atoms with Crippen LogP contribution in [0.25, 0.3) is 0 Å². The van der Waals surface area contributed by atoms with E-state index in [9.17, 15) is 4.79 Å². The summed E-state index contributed by atoms with van der Waals surface area (Å²) >= 11 is 11.8. The molecule has 0 saturated carbocycles. The van der Waals surface area contributed by atoms with Crippen LogP contribution in [0.3, 0.4) is 0 Å². The fourth-order valence-corrected chi connectivity index (χ4v) is 4.02. The van der Waals surface area contributed by atoms with Crippen molar-refractivity contribution in [3.05, 3.63) is 40.4 Å². The predicted molar refractivity (Wildman–Crippen MR) is 102 cm³/mol. The molecule has 138 valence electrons. The van der Waals surface area contributed by atoms with Gasteiger partial charge < -0.3 is 0 Å². The van der Waals surface area contributed by atoms with Crippen molar-refractivity contribution >= 4 is 40.6 Å². The first-order valence-electron chi connectivity index (χ1n) is 8.10. The molecule has 0 saturated heterocycles. The van der Waals surface area contributed by atoms with Gasteiger partial charge >= 0.3 is 170 Å². The van der Waals surface area contributed by atoms with Gasteiger partial charge in [0.15, 0.2) is 0 Å². The number of amides is 1. The van der Waals surface area contributed by atoms with Crippen LogP contribution in [-0.4, -0.2) is 27.1 Å². The van der Waals surface area contributed by atoms with E-state index in [1.165, 1.54) is 0 Å². The van der Waals surface area contributed by atoms with Crippen LogP contribution in [-0.2, 0) is 4.79 Å². The summed E-state index contributed by atoms with van der Waals surface area (Å²) in [6.07, 6.45) is 4.12. The minimum absolute atomic E-state index is 0.0323. The van der Waals surface area contributed by atoms with E-state index in [4.69, 9.17) is 23.2 Å². The Hall–Kier alpha value is -0.790. The molecule has 2 rings (SSSR count). The summed E-state index contributed by atoms with van der Waals surface area (Å²) in [5.74, 6) is 1.33. The molecule has 1 aliphatic rings. The zero-order valence-electron chi connectivity index (χ0n) is 14.8. The standard InChI is InChI=1S/C18H23Cl2IN3O/c1-11(2)5-8-16(21-4)18(25)22-17-12(3)10-24(23-17)13-6-7-14(19)15(20)9-13/h5-9,11-12,16H,10H2,1-4H3,(H,22,23,25)/q-1/b8-5-/t12-,16-/m0/s1. The van der Waals surface area contributed by atoms with Gasteiger partial charge in [-0.2, -0.15) is 0 Å². The first-order chi connectivity index (χ1) is 11.8. The van der Waals surface area contributed by atoms with Crippen LogP contribution < -0.4 is 31.5 Å². The van der Waals surface area contributed by atoms with Gasteiger partial charge in [-0.25, -0.2) is 0 Å². The van der Waals surface area contributed by atoms with Gasteiger partial charge in [-0.3, -0.25) is 0 Å². The van der Waals surface area contributed by atoms with Crippen LogP contribution in [0.1, 0.15) is 20.8 Å². The molecule has 0 fully saturated rings. The van der Waals surface area contributed by atoms with Crippen molar-refractivity contribution in [2.75, 3.05) is 16.5 Å². The molecule has 2 atom stereocenters. The van der Waals surface area contributed by atoms with Crippen molar-refractivity contribution in [1.29, 1.82) is 0 Å². The van der Waals surface area contributed by atoms with E-state index in [2.05, 4.69) is 42.2 Å². The second-order valence-electron chi connectivity index (χ2n) is 6.30. The van der Waals surface area contributed by atoms with Gasteiger partial charge in [0.25, 0.3) is 0 Å². The number of nitrogens with one attached hydrogen (secondary N) is 1. The van der Waals surface area contributed by atoms with E-state index in [1.807, 2.05) is 17.2 Å². The van der Waals surface area contributed by atoms with Crippen LogP contribution in [0.5, 0.6) is 0 Å². The first-order valence-corrected chi connectivity index (χ1v) is 12.3. The van der Waals surface area contributed by atoms with Crippen molar-refractivity contribution in [2.45, 2.75) is 24.7 Å². The number of rotatable bonds is 5. The summed E-state index contributed by atoms with van der Waals surface area (Å²) in [5.41, 5.74) is 0.865. The van der Waals surface area contributed by atoms with Crippen LogP contribution >= 0.6 is 23.2 Å². The molecule has 0 spiro atoms. The molecule has 4 nitrogen and oxygen atoms in total. The van der Waals surface area contributed by atoms with Gasteiger partial charge in [0.2, 0.25) is 0 Å². The van der Waals surface area contributed by atoms with Crippen molar-refractivity contribution in [2.24, 2.45) is 16.9 Å². The maximum atomic E-state index is 12.6. The van der Waals surface area contributed by atoms with E-state index >= 15 is 0 Å². The third-order valence-corrected chi connectivity index (χ3v) is 6.81. The fourth-order valence-electron chi connectivity index (χ4n) is 2.35. The van der Waals surface area contributed by atoms with Crippen LogP contribution in [0.15, 0.2) is 35.5 Å². The molecule has 0 aromatic heterocycles. The third-order valence-electron chi connectivity index (χ3n) is 3.75. The van der Waals surface area contributed by atoms with Crippen molar-refractivity contribution < 1.29 is 26.0 Å². The Morgan fingerprint density at radius 3 is 2.68 bits per heavy atom. The van der Waals surface area contributed by atoms with Crippen molar-refractivity contribution in [3.63, 3.8) is 0 Å². The number of benzene rings is 1. The number of hydrazone groups is 1. The Morgan fingerprint density at radius 2 is 2.08 bits per heavy atom. The molecule has 0 bridgehead atoms. The van der Waals surface area contributed by atoms with Gasteiger partial charge in [0, 0.05) is 0 Å². The molecule has 1 heterocycles. The van der Waals surface area contributed by atoms with Gasteiger partial charge in [0.05, 0.1) is 0 Å². The first kappa shape index (κ1) is 20.5. The monoisotopic (exact) mass is 494 g/mol. The number of alkyl halides is 2. The van der Waals surface area contributed by atoms with E-state index in [0.717, 1.165) is 5.69 Å². The number of anilines is 1. The molecule has 0 aliphatic carbocycles. The summed E-state index contributed by atoms with van der Waals surface area (Å²) < 4.78 is -0.0323. The minimum atomic E-state index is -0.231. The van der Waals surface area contributed by atoms with Crippen LogP contribution in [0.4, 0.5) is 5.69 Å². The average Bonchev–Trinajstić information content (AvgIpc) is 2.91. The molecule has 1 aromatic carbocycles. The van der Waals surface area contributed by atoms with Crippen molar-refractivity contribution in [1.82, 2.24) is 5.32 Å². The van der Waals surface area contributed by atoms with E-state index in [1.54, 1.807) is 12.1 Å². The van der Waals surface area contributed by atoms with E-state index in [-0.39, 0.29) is 37.0 Å². The van der Waals surface area contributed by atoms with Gasteiger partial charge in [-0.05, 0) is 0 Å². The molecule has 1 amide bonds. The SMILES string of the molecule is C[I-][C@@H](/C=C\C(C)C)C(=O)NC1=NN(c2ccc(Cl)c(Cl)c2)C[C@@H]1C. The number of allylic oxidation sites excluding steroid dienone is 1. The number of carbonyl (C=O) groups is 1. The number of halogens is 3. The second kappa shape index (κ2) is 9.24. The number of nitrogens with zero attached hydrogens (tertiary/aromatic N) is 2. The summed E-state index contributed by atoms with van der Waals surface area (Å²) in [5, 5.41) is 10.4. The quantitative estimate of drug-likeness (QED) is 0.379. The predicted octanol–water partition coefficient (Wildman–Crippen LogP) is 1.18. The van der Waals surface area contributed by atoms with Crippen LogP contribution in [0.2, 0.25) is 10.0 Å². The molecule has 1 N–H and O–H groups in total. The number of hydrogen-bond acceptors (Lipinski definition) is 3. The van der Waals surface area contributed by atoms with E-state index in [0.29, 0.717) is 28.3 Å². The second-order valence-corrected chi connectivity index (χ2v) is 9.71. The Labute approximate surface area is 169 Å². The zero-order chi connectivity index (χ0) is 18.6. The number of carbonyl (C=O) groups excluding carboxylic acids is 1. The van der Waals surface area contributed by atoms with E-state index < -0.39 is 0 Å². The third kappa shape index (κ3) is 5.59. The molecule has 7 heteroatoms. The molecule has 1 aromatic rings. The fraction of sp³-hybridized carbons (Fsp3) is 0.444. The summed E-state index contributed by atoms with van der Waals surface area (Å²) in [6.45, 7) is 6.97. The zero-order valence-corrected chi connectivity index (χ0v) is 18.4. The Morgan fingerprint density at radius 1 is 1.36 bits per heavy atom. The Bertz CT molecular complexity index is 691. The summed E-state index contributed by atoms with van der Waals surface area (Å²) in [7, 11) is 0. The molecule has 0 unspecified atom stereocenters. The summed E-state index contributed by atoms with van der Waals surface area (Å²) in [4.78, 5) is 14.7. The molecule has 1 aliphatic heterocycles. The average molecular weight is 495 g/mol. The molecule has 25 heavy (non-hydrogen) atoms. The Kier molecular flexibility index (Phi) is 7.58. The van der Waals surface area contributed by atoms with Gasteiger partial charge in [0.1, 0.15) is 0 Å². The maximum absolute atomic E-state index is 12.6. The topological polar surface area (TPSA) is 44.7 Å². The molecular formula is C18H23Cl2IN3O-. The normalized spacial score (nSPS) is 18.9. The molecule has 0 radical (unpaired) electrons. The van der Waals surface area contributed by atoms with Gasteiger partial charge in [-0.15, -0.1) is 0 Å². The Balaban J connectivity index is 2.10. The number of amidine groups is 1. The van der Waals surface area contributed by atoms with Gasteiger partial charge in [-0.1, -0.05) is 0 Å². The number of hydrogen-bond donors (Lipinski definition) is 1. The molecular weight excluding hydrogens is 472 g/mol.